The number of hydrogen-bond acceptors (Lipinski definition) is 2. The molecule has 0 aromatic heterocycles. The Hall–Kier alpha value is -0.0800. The Balaban J connectivity index is 4.51. The SMILES string of the molecule is CCC(C)(C(O)C(C)C)N(C)C. The Morgan fingerprint density at radius 3 is 1.83 bits per heavy atom. The number of aliphatic hydroxyl groups is 1. The van der Waals surface area contributed by atoms with E-state index in [1.165, 1.54) is 0 Å². The minimum absolute atomic E-state index is 0.0891. The Bertz CT molecular complexity index is 134. The van der Waals surface area contributed by atoms with Gasteiger partial charge in [0.2, 0.25) is 0 Å². The van der Waals surface area contributed by atoms with Crippen molar-refractivity contribution in [2.24, 2.45) is 5.92 Å². The summed E-state index contributed by atoms with van der Waals surface area (Å²) in [6.07, 6.45) is 0.719. The molecule has 0 aliphatic rings. The lowest BCUT2D eigenvalue weighted by Gasteiger charge is -2.41. The highest BCUT2D eigenvalue weighted by atomic mass is 16.3. The van der Waals surface area contributed by atoms with Crippen molar-refractivity contribution < 1.29 is 5.11 Å². The van der Waals surface area contributed by atoms with Gasteiger partial charge in [0.05, 0.1) is 6.10 Å². The largest absolute Gasteiger partial charge is 0.391 e. The van der Waals surface area contributed by atoms with E-state index in [9.17, 15) is 5.11 Å². The molecule has 0 radical (unpaired) electrons. The van der Waals surface area contributed by atoms with Crippen LogP contribution in [0.3, 0.4) is 0 Å². The first kappa shape index (κ1) is 11.9. The topological polar surface area (TPSA) is 23.5 Å². The van der Waals surface area contributed by atoms with E-state index in [1.54, 1.807) is 0 Å². The van der Waals surface area contributed by atoms with Crippen LogP contribution in [0.15, 0.2) is 0 Å². The van der Waals surface area contributed by atoms with Gasteiger partial charge in [-0.3, -0.25) is 0 Å². The first-order chi connectivity index (χ1) is 5.36. The standard InChI is InChI=1S/C10H23NO/c1-7-10(4,11(5)6)9(12)8(2)3/h8-9,12H,7H2,1-6H3. The fourth-order valence-corrected chi connectivity index (χ4v) is 1.51. The van der Waals surface area contributed by atoms with E-state index in [1.807, 2.05) is 14.1 Å². The molecule has 0 saturated heterocycles. The highest BCUT2D eigenvalue weighted by molar-refractivity contribution is 4.90. The zero-order valence-corrected chi connectivity index (χ0v) is 9.26. The van der Waals surface area contributed by atoms with Gasteiger partial charge in [-0.25, -0.2) is 0 Å². The van der Waals surface area contributed by atoms with Gasteiger partial charge in [-0.05, 0) is 33.4 Å². The fraction of sp³-hybridized carbons (Fsp3) is 1.00. The molecule has 0 aliphatic carbocycles. The van der Waals surface area contributed by atoms with E-state index in [2.05, 4.69) is 32.6 Å². The monoisotopic (exact) mass is 173 g/mol. The van der Waals surface area contributed by atoms with Crippen LogP contribution in [0.25, 0.3) is 0 Å². The molecule has 0 aliphatic heterocycles. The van der Waals surface area contributed by atoms with E-state index in [-0.39, 0.29) is 11.6 Å². The molecule has 0 aromatic carbocycles. The molecule has 0 rings (SSSR count). The van der Waals surface area contributed by atoms with Crippen molar-refractivity contribution in [2.75, 3.05) is 14.1 Å². The van der Waals surface area contributed by atoms with Gasteiger partial charge in [0.15, 0.2) is 0 Å². The summed E-state index contributed by atoms with van der Waals surface area (Å²) in [4.78, 5) is 2.11. The molecule has 0 heterocycles. The molecular formula is C10H23NO. The second-order valence-electron chi connectivity index (χ2n) is 4.29. The Morgan fingerprint density at radius 2 is 1.75 bits per heavy atom. The van der Waals surface area contributed by atoms with E-state index < -0.39 is 0 Å². The van der Waals surface area contributed by atoms with Gasteiger partial charge < -0.3 is 10.0 Å². The predicted molar refractivity (Wildman–Crippen MR) is 53.2 cm³/mol. The number of aliphatic hydroxyl groups excluding tert-OH is 1. The van der Waals surface area contributed by atoms with Crippen molar-refractivity contribution in [3.63, 3.8) is 0 Å². The van der Waals surface area contributed by atoms with E-state index in [0.29, 0.717) is 5.92 Å². The summed E-state index contributed by atoms with van der Waals surface area (Å²) in [6, 6.07) is 0. The minimum atomic E-state index is -0.252. The van der Waals surface area contributed by atoms with Crippen molar-refractivity contribution in [3.8, 4) is 0 Å². The fourth-order valence-electron chi connectivity index (χ4n) is 1.51. The lowest BCUT2D eigenvalue weighted by molar-refractivity contribution is -0.0249. The maximum Gasteiger partial charge on any atom is 0.0743 e. The summed E-state index contributed by atoms with van der Waals surface area (Å²) in [5.41, 5.74) is -0.0891. The summed E-state index contributed by atoms with van der Waals surface area (Å²) >= 11 is 0. The minimum Gasteiger partial charge on any atom is -0.391 e. The third-order valence-corrected chi connectivity index (χ3v) is 3.01. The van der Waals surface area contributed by atoms with Crippen LogP contribution in [0.2, 0.25) is 0 Å². The second kappa shape index (κ2) is 4.24. The van der Waals surface area contributed by atoms with Crippen molar-refractivity contribution in [3.05, 3.63) is 0 Å². The van der Waals surface area contributed by atoms with Crippen LogP contribution in [0.5, 0.6) is 0 Å². The van der Waals surface area contributed by atoms with Gasteiger partial charge in [0.1, 0.15) is 0 Å². The van der Waals surface area contributed by atoms with Crippen LogP contribution in [-0.2, 0) is 0 Å². The first-order valence-electron chi connectivity index (χ1n) is 4.71. The summed E-state index contributed by atoms with van der Waals surface area (Å²) in [5, 5.41) is 9.97. The van der Waals surface area contributed by atoms with E-state index in [4.69, 9.17) is 0 Å². The molecule has 2 nitrogen and oxygen atoms in total. The highest BCUT2D eigenvalue weighted by Gasteiger charge is 2.34. The first-order valence-corrected chi connectivity index (χ1v) is 4.71. The molecule has 0 spiro atoms. The van der Waals surface area contributed by atoms with Gasteiger partial charge in [-0.15, -0.1) is 0 Å². The average molecular weight is 173 g/mol. The molecule has 0 saturated carbocycles. The maximum atomic E-state index is 9.97. The molecule has 0 bridgehead atoms. The van der Waals surface area contributed by atoms with Crippen molar-refractivity contribution >= 4 is 0 Å². The molecule has 0 fully saturated rings. The zero-order valence-electron chi connectivity index (χ0n) is 9.26. The zero-order chi connectivity index (χ0) is 9.94. The van der Waals surface area contributed by atoms with E-state index >= 15 is 0 Å². The van der Waals surface area contributed by atoms with Crippen molar-refractivity contribution in [1.29, 1.82) is 0 Å². The number of hydrogen-bond donors (Lipinski definition) is 1. The van der Waals surface area contributed by atoms with Crippen LogP contribution in [0.1, 0.15) is 34.1 Å². The third-order valence-electron chi connectivity index (χ3n) is 3.01. The average Bonchev–Trinajstić information content (AvgIpc) is 2.01. The van der Waals surface area contributed by atoms with Crippen LogP contribution in [-0.4, -0.2) is 35.7 Å². The highest BCUT2D eigenvalue weighted by Crippen LogP contribution is 2.25. The summed E-state index contributed by atoms with van der Waals surface area (Å²) < 4.78 is 0. The molecule has 2 unspecified atom stereocenters. The van der Waals surface area contributed by atoms with Crippen LogP contribution < -0.4 is 0 Å². The second-order valence-corrected chi connectivity index (χ2v) is 4.29. The van der Waals surface area contributed by atoms with Gasteiger partial charge in [0.25, 0.3) is 0 Å². The van der Waals surface area contributed by atoms with Crippen LogP contribution >= 0.6 is 0 Å². The Labute approximate surface area is 76.6 Å². The molecule has 0 amide bonds. The Morgan fingerprint density at radius 1 is 1.33 bits per heavy atom. The van der Waals surface area contributed by atoms with Gasteiger partial charge in [-0.1, -0.05) is 20.8 Å². The summed E-state index contributed by atoms with van der Waals surface area (Å²) in [5.74, 6) is 0.317. The summed E-state index contributed by atoms with van der Waals surface area (Å²) in [7, 11) is 4.05. The smallest absolute Gasteiger partial charge is 0.0743 e. The quantitative estimate of drug-likeness (QED) is 0.700. The van der Waals surface area contributed by atoms with Crippen molar-refractivity contribution in [2.45, 2.75) is 45.8 Å². The van der Waals surface area contributed by atoms with E-state index in [0.717, 1.165) is 6.42 Å². The molecule has 12 heavy (non-hydrogen) atoms. The normalized spacial score (nSPS) is 19.8. The molecule has 74 valence electrons. The lowest BCUT2D eigenvalue weighted by Crippen LogP contribution is -2.52. The van der Waals surface area contributed by atoms with Gasteiger partial charge in [-0.2, -0.15) is 0 Å². The number of rotatable bonds is 4. The predicted octanol–water partition coefficient (Wildman–Crippen LogP) is 1.73. The van der Waals surface area contributed by atoms with Crippen LogP contribution in [0, 0.1) is 5.92 Å². The maximum absolute atomic E-state index is 9.97. The van der Waals surface area contributed by atoms with Gasteiger partial charge in [0, 0.05) is 5.54 Å². The third kappa shape index (κ3) is 2.20. The number of likely N-dealkylation sites (N-methyl/N-ethyl adjacent to an activating group) is 1. The molecule has 0 aromatic rings. The molecule has 1 N–H and O–H groups in total. The van der Waals surface area contributed by atoms with Crippen molar-refractivity contribution in [1.82, 2.24) is 4.90 Å². The van der Waals surface area contributed by atoms with Crippen LogP contribution in [0.4, 0.5) is 0 Å². The Kier molecular flexibility index (Phi) is 4.21. The van der Waals surface area contributed by atoms with Gasteiger partial charge >= 0.3 is 0 Å². The number of nitrogens with zero attached hydrogens (tertiary/aromatic N) is 1. The summed E-state index contributed by atoms with van der Waals surface area (Å²) in [6.45, 7) is 8.34. The lowest BCUT2D eigenvalue weighted by atomic mass is 9.84. The molecule has 2 heteroatoms. The molecule has 2 atom stereocenters. The molecular weight excluding hydrogens is 150 g/mol.